The lowest BCUT2D eigenvalue weighted by atomic mass is 10.1. The van der Waals surface area contributed by atoms with Gasteiger partial charge in [-0.1, -0.05) is 0 Å². The van der Waals surface area contributed by atoms with Gasteiger partial charge in [0.2, 0.25) is 11.8 Å². The van der Waals surface area contributed by atoms with E-state index >= 15 is 0 Å². The van der Waals surface area contributed by atoms with Crippen LogP contribution in [0.25, 0.3) is 0 Å². The quantitative estimate of drug-likeness (QED) is 0.616. The fourth-order valence-electron chi connectivity index (χ4n) is 3.86. The van der Waals surface area contributed by atoms with E-state index in [9.17, 15) is 18.0 Å². The van der Waals surface area contributed by atoms with Gasteiger partial charge in [0.1, 0.15) is 5.75 Å². The standard InChI is InChI=1S/C23H27N3O5S2/c1-2-31-18-7-5-17(6-8-18)25-33(29,30)19-9-10-21-20(14-19)24-23(28)16(15-32-21)13-22(27)26-11-3-4-12-26/h5-10,14,16,25H,2-4,11-13,15H2,1H3,(H,24,28)/t16-/m1/s1. The van der Waals surface area contributed by atoms with Crippen LogP contribution in [-0.2, 0) is 19.6 Å². The van der Waals surface area contributed by atoms with Gasteiger partial charge in [0.05, 0.1) is 23.1 Å². The Labute approximate surface area is 198 Å². The number of hydrogen-bond acceptors (Lipinski definition) is 6. The van der Waals surface area contributed by atoms with E-state index in [-0.39, 0.29) is 23.1 Å². The van der Waals surface area contributed by atoms with E-state index in [1.807, 2.05) is 11.8 Å². The van der Waals surface area contributed by atoms with Crippen LogP contribution in [-0.4, -0.2) is 50.6 Å². The van der Waals surface area contributed by atoms with E-state index < -0.39 is 15.9 Å². The maximum absolute atomic E-state index is 12.9. The van der Waals surface area contributed by atoms with E-state index in [0.717, 1.165) is 30.8 Å². The summed E-state index contributed by atoms with van der Waals surface area (Å²) in [4.78, 5) is 27.9. The van der Waals surface area contributed by atoms with Crippen LogP contribution in [0.4, 0.5) is 11.4 Å². The second-order valence-corrected chi connectivity index (χ2v) is 10.8. The Kier molecular flexibility index (Phi) is 7.14. The van der Waals surface area contributed by atoms with Crippen molar-refractivity contribution in [2.24, 2.45) is 5.92 Å². The highest BCUT2D eigenvalue weighted by Gasteiger charge is 2.30. The smallest absolute Gasteiger partial charge is 0.261 e. The number of amides is 2. The molecule has 4 rings (SSSR count). The van der Waals surface area contributed by atoms with Crippen LogP contribution in [0.5, 0.6) is 5.75 Å². The monoisotopic (exact) mass is 489 g/mol. The van der Waals surface area contributed by atoms with Gasteiger partial charge in [-0.05, 0) is 62.2 Å². The number of carbonyl (C=O) groups excluding carboxylic acids is 2. The van der Waals surface area contributed by atoms with Gasteiger partial charge in [0.25, 0.3) is 10.0 Å². The van der Waals surface area contributed by atoms with Crippen molar-refractivity contribution < 1.29 is 22.7 Å². The maximum Gasteiger partial charge on any atom is 0.261 e. The summed E-state index contributed by atoms with van der Waals surface area (Å²) in [5.74, 6) is 0.403. The fourth-order valence-corrected chi connectivity index (χ4v) is 6.02. The number of rotatable bonds is 7. The molecule has 1 saturated heterocycles. The molecule has 0 aliphatic carbocycles. The fraction of sp³-hybridized carbons (Fsp3) is 0.391. The Hall–Kier alpha value is -2.72. The molecule has 2 aliphatic rings. The third-order valence-electron chi connectivity index (χ3n) is 5.63. The number of anilines is 2. The number of fused-ring (bicyclic) bond motifs is 1. The second-order valence-electron chi connectivity index (χ2n) is 8.01. The summed E-state index contributed by atoms with van der Waals surface area (Å²) >= 11 is 1.45. The Morgan fingerprint density at radius 2 is 1.91 bits per heavy atom. The summed E-state index contributed by atoms with van der Waals surface area (Å²) < 4.78 is 33.7. The Bertz CT molecular complexity index is 1130. The van der Waals surface area contributed by atoms with Crippen LogP contribution < -0.4 is 14.8 Å². The number of nitrogens with one attached hydrogen (secondary N) is 2. The molecule has 8 nitrogen and oxygen atoms in total. The zero-order valence-corrected chi connectivity index (χ0v) is 20.0. The molecule has 1 atom stereocenters. The van der Waals surface area contributed by atoms with Crippen molar-refractivity contribution in [3.63, 3.8) is 0 Å². The lowest BCUT2D eigenvalue weighted by molar-refractivity contribution is -0.133. The minimum atomic E-state index is -3.86. The van der Waals surface area contributed by atoms with Crippen LogP contribution in [0.15, 0.2) is 52.3 Å². The van der Waals surface area contributed by atoms with Crippen molar-refractivity contribution >= 4 is 45.0 Å². The Balaban J connectivity index is 1.46. The minimum Gasteiger partial charge on any atom is -0.494 e. The zero-order valence-electron chi connectivity index (χ0n) is 18.4. The van der Waals surface area contributed by atoms with Gasteiger partial charge in [-0.25, -0.2) is 8.42 Å². The first-order valence-corrected chi connectivity index (χ1v) is 13.4. The van der Waals surface area contributed by atoms with Gasteiger partial charge >= 0.3 is 0 Å². The van der Waals surface area contributed by atoms with E-state index in [1.165, 1.54) is 23.9 Å². The first-order chi connectivity index (χ1) is 15.9. The molecule has 2 N–H and O–H groups in total. The lowest BCUT2D eigenvalue weighted by Crippen LogP contribution is -2.33. The first-order valence-electron chi connectivity index (χ1n) is 11.0. The molecule has 0 radical (unpaired) electrons. The minimum absolute atomic E-state index is 0.00188. The first kappa shape index (κ1) is 23.4. The largest absolute Gasteiger partial charge is 0.494 e. The highest BCUT2D eigenvalue weighted by Crippen LogP contribution is 2.35. The Morgan fingerprint density at radius 3 is 2.61 bits per heavy atom. The number of thioether (sulfide) groups is 1. The number of sulfonamides is 1. The molecule has 0 bridgehead atoms. The second kappa shape index (κ2) is 10.0. The van der Waals surface area contributed by atoms with Crippen molar-refractivity contribution in [1.82, 2.24) is 4.90 Å². The molecule has 0 saturated carbocycles. The highest BCUT2D eigenvalue weighted by atomic mass is 32.2. The molecule has 2 aromatic rings. The summed E-state index contributed by atoms with van der Waals surface area (Å²) in [5.41, 5.74) is 0.850. The highest BCUT2D eigenvalue weighted by molar-refractivity contribution is 7.99. The number of hydrogen-bond donors (Lipinski definition) is 2. The Morgan fingerprint density at radius 1 is 1.18 bits per heavy atom. The molecular weight excluding hydrogens is 462 g/mol. The number of benzene rings is 2. The van der Waals surface area contributed by atoms with Gasteiger partial charge in [0.15, 0.2) is 0 Å². The van der Waals surface area contributed by atoms with Gasteiger partial charge < -0.3 is 15.0 Å². The van der Waals surface area contributed by atoms with E-state index in [0.29, 0.717) is 29.5 Å². The summed E-state index contributed by atoms with van der Waals surface area (Å²) in [5, 5.41) is 2.83. The molecule has 33 heavy (non-hydrogen) atoms. The van der Waals surface area contributed by atoms with E-state index in [2.05, 4.69) is 10.0 Å². The molecule has 0 unspecified atom stereocenters. The number of carbonyl (C=O) groups is 2. The van der Waals surface area contributed by atoms with Gasteiger partial charge in [0, 0.05) is 35.8 Å². The molecular formula is C23H27N3O5S2. The summed E-state index contributed by atoms with van der Waals surface area (Å²) in [6, 6.07) is 11.3. The maximum atomic E-state index is 12.9. The van der Waals surface area contributed by atoms with Gasteiger partial charge in [-0.3, -0.25) is 14.3 Å². The van der Waals surface area contributed by atoms with Crippen LogP contribution in [0.3, 0.4) is 0 Å². The normalized spacial score (nSPS) is 18.3. The van der Waals surface area contributed by atoms with Gasteiger partial charge in [-0.2, -0.15) is 0 Å². The average molecular weight is 490 g/mol. The lowest BCUT2D eigenvalue weighted by Gasteiger charge is -2.18. The SMILES string of the molecule is CCOc1ccc(NS(=O)(=O)c2ccc3c(c2)NC(=O)[C@H](CC(=O)N2CCCC2)CS3)cc1. The van der Waals surface area contributed by atoms with Gasteiger partial charge in [-0.15, -0.1) is 11.8 Å². The summed E-state index contributed by atoms with van der Waals surface area (Å²) in [7, 11) is -3.86. The third kappa shape index (κ3) is 5.62. The van der Waals surface area contributed by atoms with Crippen molar-refractivity contribution in [2.45, 2.75) is 36.0 Å². The van der Waals surface area contributed by atoms with Crippen molar-refractivity contribution in [2.75, 3.05) is 35.5 Å². The third-order valence-corrected chi connectivity index (χ3v) is 8.24. The molecule has 0 spiro atoms. The predicted octanol–water partition coefficient (Wildman–Crippen LogP) is 3.56. The van der Waals surface area contributed by atoms with Crippen molar-refractivity contribution in [3.8, 4) is 5.75 Å². The van der Waals surface area contributed by atoms with Crippen LogP contribution >= 0.6 is 11.8 Å². The zero-order chi connectivity index (χ0) is 23.4. The molecule has 2 aromatic carbocycles. The molecule has 176 valence electrons. The molecule has 1 fully saturated rings. The number of ether oxygens (including phenoxy) is 1. The molecule has 2 aliphatic heterocycles. The predicted molar refractivity (Wildman–Crippen MR) is 128 cm³/mol. The molecule has 2 heterocycles. The van der Waals surface area contributed by atoms with Crippen LogP contribution in [0, 0.1) is 5.92 Å². The summed E-state index contributed by atoms with van der Waals surface area (Å²) in [6.45, 7) is 3.91. The van der Waals surface area contributed by atoms with Crippen LogP contribution in [0.2, 0.25) is 0 Å². The number of likely N-dealkylation sites (tertiary alicyclic amines) is 1. The number of nitrogens with zero attached hydrogens (tertiary/aromatic N) is 1. The average Bonchev–Trinajstić information content (AvgIpc) is 3.28. The van der Waals surface area contributed by atoms with Crippen LogP contribution in [0.1, 0.15) is 26.2 Å². The topological polar surface area (TPSA) is 105 Å². The molecule has 2 amide bonds. The molecule has 10 heteroatoms. The molecule has 0 aromatic heterocycles. The van der Waals surface area contributed by atoms with E-state index in [1.54, 1.807) is 30.3 Å². The van der Waals surface area contributed by atoms with E-state index in [4.69, 9.17) is 4.74 Å². The summed E-state index contributed by atoms with van der Waals surface area (Å²) in [6.07, 6.45) is 2.17. The van der Waals surface area contributed by atoms with Crippen molar-refractivity contribution in [3.05, 3.63) is 42.5 Å². The van der Waals surface area contributed by atoms with Crippen molar-refractivity contribution in [1.29, 1.82) is 0 Å².